The molecule has 0 unspecified atom stereocenters. The Morgan fingerprint density at radius 3 is 2.65 bits per heavy atom. The molecule has 0 radical (unpaired) electrons. The molecule has 3 aromatic rings. The number of amides is 1. The Morgan fingerprint density at radius 1 is 1.15 bits per heavy atom. The standard InChI is InChI=1S/C26H26FN3O4/c1-15-13-28-16(2)25(30-15)20-8-9-22(27)21-12-19(34-26(20)21)14-29-24(32)11-10-23(31)17-4-6-18(33-3)7-5-17/h4-9,13,19H,10-12,14H2,1-3H3,(H,29,32)/t19-/m1/s1. The molecule has 2 aromatic carbocycles. The predicted molar refractivity (Wildman–Crippen MR) is 125 cm³/mol. The van der Waals surface area contributed by atoms with E-state index in [0.717, 1.165) is 11.4 Å². The van der Waals surface area contributed by atoms with Crippen molar-refractivity contribution in [3.8, 4) is 22.8 Å². The van der Waals surface area contributed by atoms with Gasteiger partial charge in [-0.2, -0.15) is 0 Å². The topological polar surface area (TPSA) is 90.4 Å². The van der Waals surface area contributed by atoms with Crippen molar-refractivity contribution < 1.29 is 23.5 Å². The van der Waals surface area contributed by atoms with Gasteiger partial charge in [0.05, 0.1) is 30.7 Å². The molecule has 8 heteroatoms. The third-order valence-electron chi connectivity index (χ3n) is 5.77. The second kappa shape index (κ2) is 9.99. The highest BCUT2D eigenvalue weighted by atomic mass is 19.1. The molecular formula is C26H26FN3O4. The third kappa shape index (κ3) is 5.06. The highest BCUT2D eigenvalue weighted by molar-refractivity contribution is 5.98. The van der Waals surface area contributed by atoms with Crippen LogP contribution in [0.15, 0.2) is 42.6 Å². The first-order chi connectivity index (χ1) is 16.4. The van der Waals surface area contributed by atoms with Crippen molar-refractivity contribution in [2.75, 3.05) is 13.7 Å². The molecule has 1 aromatic heterocycles. The predicted octanol–water partition coefficient (Wildman–Crippen LogP) is 3.99. The first kappa shape index (κ1) is 23.4. The minimum Gasteiger partial charge on any atom is -0.497 e. The molecular weight excluding hydrogens is 437 g/mol. The van der Waals surface area contributed by atoms with Gasteiger partial charge in [0, 0.05) is 42.1 Å². The fourth-order valence-electron chi connectivity index (χ4n) is 3.92. The van der Waals surface area contributed by atoms with E-state index in [-0.39, 0.29) is 36.9 Å². The number of benzene rings is 2. The van der Waals surface area contributed by atoms with E-state index in [9.17, 15) is 14.0 Å². The number of methoxy groups -OCH3 is 1. The Bertz CT molecular complexity index is 1230. The van der Waals surface area contributed by atoms with Crippen LogP contribution in [-0.4, -0.2) is 41.4 Å². The maximum absolute atomic E-state index is 14.5. The maximum atomic E-state index is 14.5. The number of ketones is 1. The van der Waals surface area contributed by atoms with Crippen LogP contribution >= 0.6 is 0 Å². The van der Waals surface area contributed by atoms with Crippen LogP contribution in [0.1, 0.15) is 40.2 Å². The molecule has 0 saturated carbocycles. The summed E-state index contributed by atoms with van der Waals surface area (Å²) in [5, 5.41) is 2.80. The zero-order valence-electron chi connectivity index (χ0n) is 19.4. The molecule has 7 nitrogen and oxygen atoms in total. The number of carbonyl (C=O) groups excluding carboxylic acids is 2. The van der Waals surface area contributed by atoms with Gasteiger partial charge in [0.1, 0.15) is 23.4 Å². The number of aryl methyl sites for hydroxylation is 2. The molecule has 1 N–H and O–H groups in total. The number of aromatic nitrogens is 2. The summed E-state index contributed by atoms with van der Waals surface area (Å²) in [4.78, 5) is 33.5. The largest absolute Gasteiger partial charge is 0.497 e. The van der Waals surface area contributed by atoms with Gasteiger partial charge >= 0.3 is 0 Å². The highest BCUT2D eigenvalue weighted by Gasteiger charge is 2.30. The molecule has 1 atom stereocenters. The summed E-state index contributed by atoms with van der Waals surface area (Å²) in [5.41, 5.74) is 3.81. The fraction of sp³-hybridized carbons (Fsp3) is 0.308. The number of hydrogen-bond donors (Lipinski definition) is 1. The van der Waals surface area contributed by atoms with Crippen molar-refractivity contribution in [2.24, 2.45) is 0 Å². The molecule has 176 valence electrons. The second-order valence-electron chi connectivity index (χ2n) is 8.25. The van der Waals surface area contributed by atoms with E-state index < -0.39 is 6.10 Å². The van der Waals surface area contributed by atoms with Crippen LogP contribution in [0.25, 0.3) is 11.3 Å². The molecule has 1 aliphatic heterocycles. The van der Waals surface area contributed by atoms with Gasteiger partial charge in [0.2, 0.25) is 5.91 Å². The molecule has 2 heterocycles. The smallest absolute Gasteiger partial charge is 0.220 e. The van der Waals surface area contributed by atoms with E-state index in [1.807, 2.05) is 13.8 Å². The van der Waals surface area contributed by atoms with Crippen LogP contribution in [0.5, 0.6) is 11.5 Å². The summed E-state index contributed by atoms with van der Waals surface area (Å²) in [7, 11) is 1.56. The van der Waals surface area contributed by atoms with Gasteiger partial charge < -0.3 is 14.8 Å². The van der Waals surface area contributed by atoms with Gasteiger partial charge in [0.15, 0.2) is 5.78 Å². The normalized spacial score (nSPS) is 14.3. The van der Waals surface area contributed by atoms with Crippen molar-refractivity contribution in [1.29, 1.82) is 0 Å². The van der Waals surface area contributed by atoms with Gasteiger partial charge in [0.25, 0.3) is 0 Å². The number of rotatable bonds is 8. The van der Waals surface area contributed by atoms with Crippen molar-refractivity contribution >= 4 is 11.7 Å². The van der Waals surface area contributed by atoms with Crippen LogP contribution in [0.3, 0.4) is 0 Å². The lowest BCUT2D eigenvalue weighted by atomic mass is 10.0. The molecule has 0 aliphatic carbocycles. The van der Waals surface area contributed by atoms with Gasteiger partial charge in [-0.15, -0.1) is 0 Å². The van der Waals surface area contributed by atoms with Crippen LogP contribution in [0.4, 0.5) is 4.39 Å². The summed E-state index contributed by atoms with van der Waals surface area (Å²) in [6, 6.07) is 9.83. The van der Waals surface area contributed by atoms with E-state index >= 15 is 0 Å². The first-order valence-electron chi connectivity index (χ1n) is 11.1. The minimum atomic E-state index is -0.412. The zero-order chi connectivity index (χ0) is 24.2. The number of Topliss-reactive ketones (excluding diaryl/α,β-unsaturated/α-hetero) is 1. The van der Waals surface area contributed by atoms with Crippen LogP contribution in [0.2, 0.25) is 0 Å². The SMILES string of the molecule is COc1ccc(C(=O)CCC(=O)NC[C@H]2Cc3c(F)ccc(-c4nc(C)cnc4C)c3O2)cc1. The molecule has 0 fully saturated rings. The van der Waals surface area contributed by atoms with Gasteiger partial charge in [-0.1, -0.05) is 0 Å². The molecule has 0 bridgehead atoms. The van der Waals surface area contributed by atoms with Gasteiger partial charge in [-0.25, -0.2) is 9.37 Å². The zero-order valence-corrected chi connectivity index (χ0v) is 19.4. The minimum absolute atomic E-state index is 0.0578. The first-order valence-corrected chi connectivity index (χ1v) is 11.1. The van der Waals surface area contributed by atoms with E-state index in [4.69, 9.17) is 9.47 Å². The maximum Gasteiger partial charge on any atom is 0.220 e. The van der Waals surface area contributed by atoms with Crippen molar-refractivity contribution in [2.45, 2.75) is 39.2 Å². The second-order valence-corrected chi connectivity index (χ2v) is 8.25. The van der Waals surface area contributed by atoms with Crippen LogP contribution in [0, 0.1) is 19.7 Å². The summed E-state index contributed by atoms with van der Waals surface area (Å²) in [6.07, 6.45) is 1.75. The Hall–Kier alpha value is -3.81. The van der Waals surface area contributed by atoms with Gasteiger partial charge in [-0.3, -0.25) is 14.6 Å². The average molecular weight is 464 g/mol. The number of carbonyl (C=O) groups is 2. The summed E-state index contributed by atoms with van der Waals surface area (Å²) in [6.45, 7) is 3.90. The molecule has 4 rings (SSSR count). The molecule has 1 aliphatic rings. The van der Waals surface area contributed by atoms with Gasteiger partial charge in [-0.05, 0) is 50.2 Å². The fourth-order valence-corrected chi connectivity index (χ4v) is 3.92. The number of fused-ring (bicyclic) bond motifs is 1. The Morgan fingerprint density at radius 2 is 1.91 bits per heavy atom. The van der Waals surface area contributed by atoms with E-state index in [2.05, 4.69) is 15.3 Å². The van der Waals surface area contributed by atoms with Crippen LogP contribution < -0.4 is 14.8 Å². The number of nitrogens with one attached hydrogen (secondary N) is 1. The molecule has 0 saturated heterocycles. The highest BCUT2D eigenvalue weighted by Crippen LogP contribution is 2.40. The Balaban J connectivity index is 1.35. The molecule has 0 spiro atoms. The summed E-state index contributed by atoms with van der Waals surface area (Å²) >= 11 is 0. The lowest BCUT2D eigenvalue weighted by Crippen LogP contribution is -2.34. The lowest BCUT2D eigenvalue weighted by Gasteiger charge is -2.14. The van der Waals surface area contributed by atoms with Crippen molar-refractivity contribution in [3.05, 3.63) is 70.9 Å². The van der Waals surface area contributed by atoms with Crippen molar-refractivity contribution in [3.63, 3.8) is 0 Å². The van der Waals surface area contributed by atoms with E-state index in [1.165, 1.54) is 6.07 Å². The Labute approximate surface area is 197 Å². The van der Waals surface area contributed by atoms with Crippen LogP contribution in [-0.2, 0) is 11.2 Å². The Kier molecular flexibility index (Phi) is 6.86. The number of ether oxygens (including phenoxy) is 2. The molecule has 34 heavy (non-hydrogen) atoms. The van der Waals surface area contributed by atoms with Crippen molar-refractivity contribution in [1.82, 2.24) is 15.3 Å². The summed E-state index contributed by atoms with van der Waals surface area (Å²) < 4.78 is 25.6. The number of halogens is 1. The average Bonchev–Trinajstić information content (AvgIpc) is 3.28. The lowest BCUT2D eigenvalue weighted by molar-refractivity contribution is -0.121. The number of hydrogen-bond acceptors (Lipinski definition) is 6. The van der Waals surface area contributed by atoms with E-state index in [0.29, 0.717) is 40.3 Å². The quantitative estimate of drug-likeness (QED) is 0.508. The molecule has 1 amide bonds. The number of nitrogens with zero attached hydrogens (tertiary/aromatic N) is 2. The third-order valence-corrected chi connectivity index (χ3v) is 5.77. The summed E-state index contributed by atoms with van der Waals surface area (Å²) in [5.74, 6) is 0.370. The van der Waals surface area contributed by atoms with E-state index in [1.54, 1.807) is 43.6 Å². The monoisotopic (exact) mass is 463 g/mol.